The molecule has 1 aromatic heterocycles. The summed E-state index contributed by atoms with van der Waals surface area (Å²) < 4.78 is 43.0. The number of thiazole rings is 1. The summed E-state index contributed by atoms with van der Waals surface area (Å²) in [7, 11) is -3.67. The standard InChI is InChI=1S/C14H15FN2O3S2/c1-22(18,19)13-10(3-2-4-11(13)15)12-9-21-14(16-12)17-5-7-20-8-6-17/h2-4,9H,5-8H2,1H3. The average molecular weight is 342 g/mol. The maximum atomic E-state index is 14.0. The zero-order valence-corrected chi connectivity index (χ0v) is 13.6. The molecule has 0 bridgehead atoms. The van der Waals surface area contributed by atoms with E-state index >= 15 is 0 Å². The maximum absolute atomic E-state index is 14.0. The first kappa shape index (κ1) is 15.4. The highest BCUT2D eigenvalue weighted by Gasteiger charge is 2.22. The van der Waals surface area contributed by atoms with Crippen molar-refractivity contribution in [3.8, 4) is 11.3 Å². The second-order valence-electron chi connectivity index (χ2n) is 5.00. The lowest BCUT2D eigenvalue weighted by molar-refractivity contribution is 0.122. The third kappa shape index (κ3) is 2.99. The smallest absolute Gasteiger partial charge is 0.186 e. The Hall–Kier alpha value is -1.51. The third-order valence-electron chi connectivity index (χ3n) is 3.39. The van der Waals surface area contributed by atoms with Crippen LogP contribution >= 0.6 is 11.3 Å². The molecule has 0 saturated carbocycles. The van der Waals surface area contributed by atoms with Gasteiger partial charge in [-0.1, -0.05) is 12.1 Å². The van der Waals surface area contributed by atoms with Gasteiger partial charge >= 0.3 is 0 Å². The monoisotopic (exact) mass is 342 g/mol. The molecule has 0 radical (unpaired) electrons. The number of nitrogens with zero attached hydrogens (tertiary/aromatic N) is 2. The minimum Gasteiger partial charge on any atom is -0.378 e. The van der Waals surface area contributed by atoms with Crippen molar-refractivity contribution in [2.75, 3.05) is 37.5 Å². The molecule has 1 aromatic carbocycles. The molecule has 1 aliphatic heterocycles. The average Bonchev–Trinajstić information content (AvgIpc) is 2.96. The van der Waals surface area contributed by atoms with Crippen LogP contribution in [0.1, 0.15) is 0 Å². The molecule has 5 nitrogen and oxygen atoms in total. The van der Waals surface area contributed by atoms with E-state index in [4.69, 9.17) is 4.74 Å². The van der Waals surface area contributed by atoms with E-state index in [-0.39, 0.29) is 4.90 Å². The number of anilines is 1. The Bertz CT molecular complexity index is 783. The van der Waals surface area contributed by atoms with Crippen LogP contribution in [0.5, 0.6) is 0 Å². The first-order valence-corrected chi connectivity index (χ1v) is 9.51. The summed E-state index contributed by atoms with van der Waals surface area (Å²) in [5, 5.41) is 2.55. The molecule has 1 aliphatic rings. The van der Waals surface area contributed by atoms with Gasteiger partial charge in [-0.15, -0.1) is 11.3 Å². The summed E-state index contributed by atoms with van der Waals surface area (Å²) in [6.07, 6.45) is 1.00. The summed E-state index contributed by atoms with van der Waals surface area (Å²) >= 11 is 1.42. The number of rotatable bonds is 3. The van der Waals surface area contributed by atoms with Crippen LogP contribution in [0.3, 0.4) is 0 Å². The van der Waals surface area contributed by atoms with Crippen molar-refractivity contribution in [3.63, 3.8) is 0 Å². The molecule has 2 aromatic rings. The van der Waals surface area contributed by atoms with Crippen molar-refractivity contribution in [1.29, 1.82) is 0 Å². The van der Waals surface area contributed by atoms with Crippen molar-refractivity contribution < 1.29 is 17.5 Å². The van der Waals surface area contributed by atoms with E-state index in [1.165, 1.54) is 17.4 Å². The first-order chi connectivity index (χ1) is 10.5. The number of sulfone groups is 1. The van der Waals surface area contributed by atoms with Gasteiger partial charge in [0.25, 0.3) is 0 Å². The van der Waals surface area contributed by atoms with Gasteiger partial charge in [0.15, 0.2) is 15.0 Å². The molecule has 0 aliphatic carbocycles. The Labute approximate surface area is 132 Å². The van der Waals surface area contributed by atoms with E-state index in [2.05, 4.69) is 9.88 Å². The number of benzene rings is 1. The van der Waals surface area contributed by atoms with Gasteiger partial charge in [-0.2, -0.15) is 0 Å². The van der Waals surface area contributed by atoms with Crippen molar-refractivity contribution in [3.05, 3.63) is 29.4 Å². The van der Waals surface area contributed by atoms with E-state index in [9.17, 15) is 12.8 Å². The molecule has 0 amide bonds. The number of morpholine rings is 1. The molecule has 3 rings (SSSR count). The summed E-state index contributed by atoms with van der Waals surface area (Å²) in [4.78, 5) is 6.26. The summed E-state index contributed by atoms with van der Waals surface area (Å²) in [5.74, 6) is -0.749. The van der Waals surface area contributed by atoms with E-state index < -0.39 is 15.7 Å². The third-order valence-corrected chi connectivity index (χ3v) is 5.45. The second-order valence-corrected chi connectivity index (χ2v) is 7.79. The van der Waals surface area contributed by atoms with Gasteiger partial charge in [-0.25, -0.2) is 17.8 Å². The van der Waals surface area contributed by atoms with Crippen LogP contribution in [0.25, 0.3) is 11.3 Å². The molecular weight excluding hydrogens is 327 g/mol. The molecule has 118 valence electrons. The predicted octanol–water partition coefficient (Wildman–Crippen LogP) is 2.19. The second kappa shape index (κ2) is 5.94. The van der Waals surface area contributed by atoms with Crippen molar-refractivity contribution >= 4 is 26.3 Å². The zero-order valence-electron chi connectivity index (χ0n) is 12.0. The van der Waals surface area contributed by atoms with Crippen molar-refractivity contribution in [2.24, 2.45) is 0 Å². The minimum absolute atomic E-state index is 0.297. The van der Waals surface area contributed by atoms with Crippen LogP contribution in [0, 0.1) is 5.82 Å². The normalized spacial score (nSPS) is 16.0. The Morgan fingerprint density at radius 1 is 1.32 bits per heavy atom. The lowest BCUT2D eigenvalue weighted by Gasteiger charge is -2.26. The zero-order chi connectivity index (χ0) is 15.7. The van der Waals surface area contributed by atoms with Crippen LogP contribution in [0.15, 0.2) is 28.5 Å². The van der Waals surface area contributed by atoms with Gasteiger partial charge in [0.2, 0.25) is 0 Å². The largest absolute Gasteiger partial charge is 0.378 e. The Morgan fingerprint density at radius 3 is 2.73 bits per heavy atom. The van der Waals surface area contributed by atoms with Crippen LogP contribution in [0.2, 0.25) is 0 Å². The molecule has 0 N–H and O–H groups in total. The lowest BCUT2D eigenvalue weighted by atomic mass is 10.2. The van der Waals surface area contributed by atoms with E-state index in [0.717, 1.165) is 30.5 Å². The number of halogens is 1. The first-order valence-electron chi connectivity index (χ1n) is 6.74. The lowest BCUT2D eigenvalue weighted by Crippen LogP contribution is -2.36. The van der Waals surface area contributed by atoms with Crippen LogP contribution < -0.4 is 4.90 Å². The van der Waals surface area contributed by atoms with Crippen molar-refractivity contribution in [1.82, 2.24) is 4.98 Å². The molecule has 1 saturated heterocycles. The molecule has 0 unspecified atom stereocenters. The summed E-state index contributed by atoms with van der Waals surface area (Å²) in [5.41, 5.74) is 0.782. The fourth-order valence-electron chi connectivity index (χ4n) is 2.38. The highest BCUT2D eigenvalue weighted by Crippen LogP contribution is 2.33. The number of ether oxygens (including phenoxy) is 1. The van der Waals surface area contributed by atoms with Gasteiger partial charge in [0, 0.05) is 30.3 Å². The predicted molar refractivity (Wildman–Crippen MR) is 83.6 cm³/mol. The van der Waals surface area contributed by atoms with Gasteiger partial charge in [0.1, 0.15) is 10.7 Å². The van der Waals surface area contributed by atoms with Gasteiger partial charge < -0.3 is 9.64 Å². The van der Waals surface area contributed by atoms with E-state index in [1.54, 1.807) is 11.4 Å². The molecule has 0 atom stereocenters. The van der Waals surface area contributed by atoms with Crippen LogP contribution in [-0.4, -0.2) is 46.0 Å². The maximum Gasteiger partial charge on any atom is 0.186 e. The van der Waals surface area contributed by atoms with E-state index in [0.29, 0.717) is 24.5 Å². The molecule has 1 fully saturated rings. The Morgan fingerprint density at radius 2 is 2.05 bits per heavy atom. The SMILES string of the molecule is CS(=O)(=O)c1c(F)cccc1-c1csc(N2CCOCC2)n1. The molecule has 0 spiro atoms. The Kier molecular flexibility index (Phi) is 4.16. The molecular formula is C14H15FN2O3S2. The fourth-order valence-corrected chi connectivity index (χ4v) is 4.25. The number of hydrogen-bond acceptors (Lipinski definition) is 6. The minimum atomic E-state index is -3.67. The molecule has 8 heteroatoms. The topological polar surface area (TPSA) is 59.5 Å². The molecule has 22 heavy (non-hydrogen) atoms. The Balaban J connectivity index is 2.02. The highest BCUT2D eigenvalue weighted by atomic mass is 32.2. The van der Waals surface area contributed by atoms with E-state index in [1.807, 2.05) is 0 Å². The quantitative estimate of drug-likeness (QED) is 0.856. The number of hydrogen-bond donors (Lipinski definition) is 0. The highest BCUT2D eigenvalue weighted by molar-refractivity contribution is 7.90. The van der Waals surface area contributed by atoms with Crippen molar-refractivity contribution in [2.45, 2.75) is 4.90 Å². The van der Waals surface area contributed by atoms with Gasteiger partial charge in [0.05, 0.1) is 18.9 Å². The van der Waals surface area contributed by atoms with Crippen LogP contribution in [-0.2, 0) is 14.6 Å². The summed E-state index contributed by atoms with van der Waals surface area (Å²) in [6.45, 7) is 2.77. The number of aromatic nitrogens is 1. The summed E-state index contributed by atoms with van der Waals surface area (Å²) in [6, 6.07) is 4.22. The molecule has 2 heterocycles. The van der Waals surface area contributed by atoms with Gasteiger partial charge in [-0.05, 0) is 6.07 Å². The fraction of sp³-hybridized carbons (Fsp3) is 0.357. The van der Waals surface area contributed by atoms with Crippen LogP contribution in [0.4, 0.5) is 9.52 Å². The van der Waals surface area contributed by atoms with Gasteiger partial charge in [-0.3, -0.25) is 0 Å².